The smallest absolute Gasteiger partial charge is 0.471 e. The largest absolute Gasteiger partial charge is 0.573 e. The van der Waals surface area contributed by atoms with Crippen molar-refractivity contribution in [1.29, 1.82) is 5.26 Å². The number of aromatic nitrogens is 1. The number of ether oxygens (including phenoxy) is 2. The van der Waals surface area contributed by atoms with Gasteiger partial charge in [-0.3, -0.25) is 0 Å². The summed E-state index contributed by atoms with van der Waals surface area (Å²) in [5, 5.41) is 8.83. The van der Waals surface area contributed by atoms with Crippen LogP contribution in [0.1, 0.15) is 5.56 Å². The molecule has 0 aliphatic carbocycles. The number of pyridine rings is 1. The van der Waals surface area contributed by atoms with Gasteiger partial charge in [0.1, 0.15) is 11.9 Å². The fourth-order valence-electron chi connectivity index (χ4n) is 2.35. The second-order valence-electron chi connectivity index (χ2n) is 5.58. The molecule has 7 nitrogen and oxygen atoms in total. The molecule has 2 heterocycles. The van der Waals surface area contributed by atoms with Gasteiger partial charge in [-0.2, -0.15) is 9.57 Å². The van der Waals surface area contributed by atoms with Crippen LogP contribution in [-0.2, 0) is 10.0 Å². The Bertz CT molecular complexity index is 966. The molecule has 1 aliphatic rings. The van der Waals surface area contributed by atoms with Crippen molar-refractivity contribution in [2.45, 2.75) is 17.4 Å². The van der Waals surface area contributed by atoms with Crippen molar-refractivity contribution in [2.24, 2.45) is 0 Å². The Kier molecular flexibility index (Phi) is 4.95. The highest BCUT2D eigenvalue weighted by molar-refractivity contribution is 7.89. The van der Waals surface area contributed by atoms with Crippen LogP contribution in [0.4, 0.5) is 13.2 Å². The van der Waals surface area contributed by atoms with Gasteiger partial charge in [-0.1, -0.05) is 0 Å². The maximum Gasteiger partial charge on any atom is 0.573 e. The quantitative estimate of drug-likeness (QED) is 0.766. The highest BCUT2D eigenvalue weighted by Crippen LogP contribution is 2.27. The molecule has 1 saturated heterocycles. The van der Waals surface area contributed by atoms with E-state index in [9.17, 15) is 21.6 Å². The SMILES string of the molecule is N#Cc1ccnc(OC2CN(S(=O)(=O)c3ccc(OC(F)(F)F)cc3)C2)c1. The molecule has 3 rings (SSSR count). The molecule has 1 fully saturated rings. The number of hydrogen-bond donors (Lipinski definition) is 0. The normalized spacial score (nSPS) is 15.6. The molecule has 1 aromatic heterocycles. The molecule has 0 amide bonds. The minimum Gasteiger partial charge on any atom is -0.471 e. The summed E-state index contributed by atoms with van der Waals surface area (Å²) in [7, 11) is -3.86. The van der Waals surface area contributed by atoms with Gasteiger partial charge in [0.05, 0.1) is 29.6 Å². The molecule has 27 heavy (non-hydrogen) atoms. The van der Waals surface area contributed by atoms with Gasteiger partial charge in [0.2, 0.25) is 15.9 Å². The molecule has 142 valence electrons. The molecule has 11 heteroatoms. The van der Waals surface area contributed by atoms with Crippen molar-refractivity contribution in [3.63, 3.8) is 0 Å². The minimum atomic E-state index is -4.85. The first-order valence-corrected chi connectivity index (χ1v) is 9.00. The van der Waals surface area contributed by atoms with E-state index in [1.807, 2.05) is 6.07 Å². The third-order valence-electron chi connectivity index (χ3n) is 3.66. The van der Waals surface area contributed by atoms with E-state index in [0.29, 0.717) is 5.56 Å². The Morgan fingerprint density at radius 2 is 1.85 bits per heavy atom. The third-order valence-corrected chi connectivity index (χ3v) is 5.51. The number of sulfonamides is 1. The Labute approximate surface area is 152 Å². The summed E-state index contributed by atoms with van der Waals surface area (Å²) in [6, 6.07) is 8.85. The topological polar surface area (TPSA) is 92.5 Å². The van der Waals surface area contributed by atoms with E-state index in [0.717, 1.165) is 28.6 Å². The zero-order valence-corrected chi connectivity index (χ0v) is 14.4. The predicted molar refractivity (Wildman–Crippen MR) is 85.3 cm³/mol. The number of hydrogen-bond acceptors (Lipinski definition) is 6. The molecular formula is C16H12F3N3O4S. The second kappa shape index (κ2) is 7.05. The van der Waals surface area contributed by atoms with Crippen LogP contribution in [-0.4, -0.2) is 43.3 Å². The summed E-state index contributed by atoms with van der Waals surface area (Å²) in [4.78, 5) is 3.79. The first-order chi connectivity index (χ1) is 12.7. The molecule has 2 aromatic rings. The van der Waals surface area contributed by atoms with E-state index in [4.69, 9.17) is 10.00 Å². The lowest BCUT2D eigenvalue weighted by molar-refractivity contribution is -0.274. The first kappa shape index (κ1) is 18.9. The van der Waals surface area contributed by atoms with Crippen molar-refractivity contribution >= 4 is 10.0 Å². The lowest BCUT2D eigenvalue weighted by atomic mass is 10.2. The van der Waals surface area contributed by atoms with Crippen LogP contribution in [0, 0.1) is 11.3 Å². The molecule has 0 atom stereocenters. The summed E-state index contributed by atoms with van der Waals surface area (Å²) in [6.45, 7) is 0.114. The van der Waals surface area contributed by atoms with Crippen LogP contribution in [0.15, 0.2) is 47.5 Å². The zero-order chi connectivity index (χ0) is 19.7. The number of halogens is 3. The number of nitriles is 1. The van der Waals surface area contributed by atoms with Crippen LogP contribution in [0.2, 0.25) is 0 Å². The average Bonchev–Trinajstić information content (AvgIpc) is 2.57. The van der Waals surface area contributed by atoms with Crippen LogP contribution < -0.4 is 9.47 Å². The highest BCUT2D eigenvalue weighted by atomic mass is 32.2. The first-order valence-electron chi connectivity index (χ1n) is 7.56. The summed E-state index contributed by atoms with van der Waals surface area (Å²) in [5.41, 5.74) is 0.366. The zero-order valence-electron chi connectivity index (χ0n) is 13.5. The van der Waals surface area contributed by atoms with Crippen LogP contribution in [0.5, 0.6) is 11.6 Å². The monoisotopic (exact) mass is 399 g/mol. The Hall–Kier alpha value is -2.84. The fraction of sp³-hybridized carbons (Fsp3) is 0.250. The second-order valence-corrected chi connectivity index (χ2v) is 7.51. The van der Waals surface area contributed by atoms with Crippen LogP contribution in [0.25, 0.3) is 0 Å². The van der Waals surface area contributed by atoms with Gasteiger partial charge in [-0.05, 0) is 30.3 Å². The fourth-order valence-corrected chi connectivity index (χ4v) is 3.85. The van der Waals surface area contributed by atoms with Gasteiger partial charge in [0.25, 0.3) is 0 Å². The van der Waals surface area contributed by atoms with E-state index in [-0.39, 0.29) is 23.9 Å². The van der Waals surface area contributed by atoms with Crippen LogP contribution >= 0.6 is 0 Å². The summed E-state index contributed by atoms with van der Waals surface area (Å²) in [6.07, 6.45) is -3.88. The molecule has 1 aliphatic heterocycles. The van der Waals surface area contributed by atoms with E-state index in [1.54, 1.807) is 0 Å². The number of benzene rings is 1. The molecule has 0 unspecified atom stereocenters. The summed E-state index contributed by atoms with van der Waals surface area (Å²) in [5.74, 6) is -0.292. The standard InChI is InChI=1S/C16H12F3N3O4S/c17-16(18,19)26-12-1-3-14(4-2-12)27(23,24)22-9-13(10-22)25-15-7-11(8-20)5-6-21-15/h1-7,13H,9-10H2. The van der Waals surface area contributed by atoms with Crippen molar-refractivity contribution in [3.05, 3.63) is 48.2 Å². The Balaban J connectivity index is 1.61. The van der Waals surface area contributed by atoms with Crippen molar-refractivity contribution in [2.75, 3.05) is 13.1 Å². The molecule has 0 radical (unpaired) electrons. The number of alkyl halides is 3. The lowest BCUT2D eigenvalue weighted by Gasteiger charge is -2.37. The van der Waals surface area contributed by atoms with E-state index in [1.165, 1.54) is 18.3 Å². The summed E-state index contributed by atoms with van der Waals surface area (Å²) < 4.78 is 71.7. The van der Waals surface area contributed by atoms with Crippen molar-refractivity contribution in [1.82, 2.24) is 9.29 Å². The Morgan fingerprint density at radius 3 is 2.44 bits per heavy atom. The minimum absolute atomic E-state index is 0.0571. The predicted octanol–water partition coefficient (Wildman–Crippen LogP) is 2.30. The van der Waals surface area contributed by atoms with Gasteiger partial charge in [0, 0.05) is 12.3 Å². The average molecular weight is 399 g/mol. The van der Waals surface area contributed by atoms with E-state index in [2.05, 4.69) is 9.72 Å². The molecule has 0 N–H and O–H groups in total. The molecular weight excluding hydrogens is 387 g/mol. The molecule has 0 spiro atoms. The number of rotatable bonds is 5. The highest BCUT2D eigenvalue weighted by Gasteiger charge is 2.38. The maximum absolute atomic E-state index is 12.5. The van der Waals surface area contributed by atoms with Crippen molar-refractivity contribution < 1.29 is 31.1 Å². The van der Waals surface area contributed by atoms with Gasteiger partial charge >= 0.3 is 6.36 Å². The van der Waals surface area contributed by atoms with Gasteiger partial charge in [-0.15, -0.1) is 13.2 Å². The van der Waals surface area contributed by atoms with Gasteiger partial charge < -0.3 is 9.47 Å². The van der Waals surface area contributed by atoms with Gasteiger partial charge in [-0.25, -0.2) is 13.4 Å². The van der Waals surface area contributed by atoms with Crippen LogP contribution in [0.3, 0.4) is 0 Å². The third kappa shape index (κ3) is 4.47. The number of nitrogens with zero attached hydrogens (tertiary/aromatic N) is 3. The lowest BCUT2D eigenvalue weighted by Crippen LogP contribution is -2.56. The molecule has 1 aromatic carbocycles. The Morgan fingerprint density at radius 1 is 1.19 bits per heavy atom. The molecule has 0 saturated carbocycles. The van der Waals surface area contributed by atoms with E-state index >= 15 is 0 Å². The van der Waals surface area contributed by atoms with Crippen molar-refractivity contribution in [3.8, 4) is 17.7 Å². The summed E-state index contributed by atoms with van der Waals surface area (Å²) >= 11 is 0. The maximum atomic E-state index is 12.5. The van der Waals surface area contributed by atoms with E-state index < -0.39 is 28.2 Å². The molecule has 0 bridgehead atoms. The van der Waals surface area contributed by atoms with Gasteiger partial charge in [0.15, 0.2) is 0 Å².